The van der Waals surface area contributed by atoms with E-state index in [4.69, 9.17) is 0 Å². The van der Waals surface area contributed by atoms with E-state index in [2.05, 4.69) is 21.4 Å². The molecule has 0 saturated heterocycles. The van der Waals surface area contributed by atoms with Crippen molar-refractivity contribution >= 4 is 6.08 Å². The van der Waals surface area contributed by atoms with Crippen molar-refractivity contribution in [3.63, 3.8) is 0 Å². The van der Waals surface area contributed by atoms with Gasteiger partial charge >= 0.3 is 0 Å². The Morgan fingerprint density at radius 1 is 1.29 bits per heavy atom. The molecular formula is C19H21F2N3. The predicted molar refractivity (Wildman–Crippen MR) is 92.2 cm³/mol. The summed E-state index contributed by atoms with van der Waals surface area (Å²) in [5, 5.41) is 3.08. The van der Waals surface area contributed by atoms with Gasteiger partial charge in [0.15, 0.2) is 0 Å². The van der Waals surface area contributed by atoms with E-state index in [0.29, 0.717) is 12.8 Å². The molecule has 24 heavy (non-hydrogen) atoms. The Kier molecular flexibility index (Phi) is 6.18. The van der Waals surface area contributed by atoms with E-state index in [1.807, 2.05) is 33.0 Å². The third-order valence-corrected chi connectivity index (χ3v) is 3.74. The van der Waals surface area contributed by atoms with Crippen LogP contribution in [0.25, 0.3) is 6.08 Å². The van der Waals surface area contributed by atoms with Crippen LogP contribution in [0.3, 0.4) is 0 Å². The average Bonchev–Trinajstić information content (AvgIpc) is 2.55. The Labute approximate surface area is 141 Å². The number of halogens is 2. The van der Waals surface area contributed by atoms with E-state index in [1.54, 1.807) is 12.4 Å². The highest BCUT2D eigenvalue weighted by molar-refractivity contribution is 5.58. The number of pyridine rings is 2. The summed E-state index contributed by atoms with van der Waals surface area (Å²) in [7, 11) is 1.85. The second-order valence-electron chi connectivity index (χ2n) is 5.61. The zero-order valence-corrected chi connectivity index (χ0v) is 14.1. The molecule has 0 radical (unpaired) electrons. The molecule has 2 aromatic heterocycles. The number of hydrogen-bond acceptors (Lipinski definition) is 3. The lowest BCUT2D eigenvalue weighted by atomic mass is 10.0. The second kappa shape index (κ2) is 8.34. The number of nitrogens with zero attached hydrogens (tertiary/aromatic N) is 2. The molecule has 2 heterocycles. The van der Waals surface area contributed by atoms with Crippen molar-refractivity contribution in [1.82, 2.24) is 15.3 Å². The minimum Gasteiger partial charge on any atom is -0.392 e. The fourth-order valence-corrected chi connectivity index (χ4v) is 2.27. The Morgan fingerprint density at radius 3 is 2.75 bits per heavy atom. The van der Waals surface area contributed by atoms with Crippen molar-refractivity contribution in [3.05, 3.63) is 76.5 Å². The molecule has 0 amide bonds. The lowest BCUT2D eigenvalue weighted by Crippen LogP contribution is -2.03. The van der Waals surface area contributed by atoms with E-state index in [-0.39, 0.29) is 5.69 Å². The van der Waals surface area contributed by atoms with Gasteiger partial charge in [0.05, 0.1) is 11.9 Å². The first kappa shape index (κ1) is 17.8. The van der Waals surface area contributed by atoms with E-state index in [9.17, 15) is 8.78 Å². The summed E-state index contributed by atoms with van der Waals surface area (Å²) >= 11 is 0. The normalized spacial score (nSPS) is 12.4. The molecule has 0 aliphatic carbocycles. The van der Waals surface area contributed by atoms with Crippen molar-refractivity contribution in [2.45, 2.75) is 26.7 Å². The molecular weight excluding hydrogens is 308 g/mol. The molecule has 5 heteroatoms. The van der Waals surface area contributed by atoms with E-state index >= 15 is 0 Å². The fraction of sp³-hybridized carbons (Fsp3) is 0.263. The summed E-state index contributed by atoms with van der Waals surface area (Å²) in [6.07, 6.45) is 9.65. The highest BCUT2D eigenvalue weighted by Crippen LogP contribution is 2.18. The number of nitrogens with one attached hydrogen (secondary N) is 1. The third-order valence-electron chi connectivity index (χ3n) is 3.74. The Bertz CT molecular complexity index is 767. The van der Waals surface area contributed by atoms with Crippen LogP contribution in [-0.4, -0.2) is 17.0 Å². The smallest absolute Gasteiger partial charge is 0.147 e. The molecule has 0 atom stereocenters. The minimum atomic E-state index is -0.662. The summed E-state index contributed by atoms with van der Waals surface area (Å²) in [6, 6.07) is 2.81. The van der Waals surface area contributed by atoms with Crippen LogP contribution in [0.5, 0.6) is 0 Å². The van der Waals surface area contributed by atoms with Crippen LogP contribution in [0.2, 0.25) is 0 Å². The van der Waals surface area contributed by atoms with Gasteiger partial charge in [-0.25, -0.2) is 8.78 Å². The topological polar surface area (TPSA) is 37.8 Å². The molecule has 0 spiro atoms. The average molecular weight is 329 g/mol. The van der Waals surface area contributed by atoms with Gasteiger partial charge in [-0.1, -0.05) is 6.08 Å². The van der Waals surface area contributed by atoms with E-state index < -0.39 is 11.6 Å². The van der Waals surface area contributed by atoms with Gasteiger partial charge in [0.2, 0.25) is 0 Å². The molecule has 0 fully saturated rings. The van der Waals surface area contributed by atoms with Gasteiger partial charge < -0.3 is 5.32 Å². The first-order valence-corrected chi connectivity index (χ1v) is 7.76. The van der Waals surface area contributed by atoms with Crippen LogP contribution in [0, 0.1) is 18.6 Å². The molecule has 3 nitrogen and oxygen atoms in total. The zero-order chi connectivity index (χ0) is 17.5. The number of hydrogen-bond donors (Lipinski definition) is 1. The van der Waals surface area contributed by atoms with Gasteiger partial charge in [-0.05, 0) is 55.5 Å². The molecule has 0 bridgehead atoms. The third kappa shape index (κ3) is 4.98. The fourth-order valence-electron chi connectivity index (χ4n) is 2.27. The summed E-state index contributed by atoms with van der Waals surface area (Å²) in [4.78, 5) is 7.94. The van der Waals surface area contributed by atoms with Crippen LogP contribution in [-0.2, 0) is 6.42 Å². The monoisotopic (exact) mass is 329 g/mol. The Balaban J connectivity index is 2.25. The van der Waals surface area contributed by atoms with Gasteiger partial charge in [0.1, 0.15) is 11.6 Å². The molecule has 0 aliphatic heterocycles. The maximum Gasteiger partial charge on any atom is 0.147 e. The molecule has 2 aromatic rings. The predicted octanol–water partition coefficient (Wildman–Crippen LogP) is 4.20. The number of rotatable bonds is 6. The van der Waals surface area contributed by atoms with Gasteiger partial charge in [0.25, 0.3) is 0 Å². The molecule has 0 unspecified atom stereocenters. The molecule has 0 saturated carbocycles. The first-order chi connectivity index (χ1) is 11.5. The van der Waals surface area contributed by atoms with Crippen molar-refractivity contribution in [2.24, 2.45) is 0 Å². The number of aryl methyl sites for hydroxylation is 2. The summed E-state index contributed by atoms with van der Waals surface area (Å²) in [5.41, 5.74) is 4.43. The standard InChI is InChI=1S/C19H21F2N3/c1-13-11-23-7-6-16(13)9-15(8-14(2)22-3)4-5-19-18(21)10-17(20)12-24-19/h6-12,22H,4-5H2,1-3H3/b14-8-,15-9-. The molecule has 0 aliphatic rings. The van der Waals surface area contributed by atoms with Crippen molar-refractivity contribution in [1.29, 1.82) is 0 Å². The van der Waals surface area contributed by atoms with Gasteiger partial charge in [0, 0.05) is 31.2 Å². The van der Waals surface area contributed by atoms with Gasteiger partial charge in [-0.15, -0.1) is 0 Å². The lowest BCUT2D eigenvalue weighted by molar-refractivity contribution is 0.557. The molecule has 2 rings (SSSR count). The number of allylic oxidation sites excluding steroid dienone is 3. The Morgan fingerprint density at radius 2 is 2.08 bits per heavy atom. The van der Waals surface area contributed by atoms with Crippen LogP contribution in [0.4, 0.5) is 8.78 Å². The first-order valence-electron chi connectivity index (χ1n) is 7.76. The molecule has 0 aromatic carbocycles. The maximum atomic E-state index is 13.8. The largest absolute Gasteiger partial charge is 0.392 e. The zero-order valence-electron chi connectivity index (χ0n) is 14.1. The van der Waals surface area contributed by atoms with Crippen LogP contribution in [0.1, 0.15) is 30.2 Å². The van der Waals surface area contributed by atoms with Crippen LogP contribution >= 0.6 is 0 Å². The quantitative estimate of drug-likeness (QED) is 0.807. The van der Waals surface area contributed by atoms with E-state index in [1.165, 1.54) is 0 Å². The van der Waals surface area contributed by atoms with Crippen LogP contribution in [0.15, 0.2) is 48.1 Å². The summed E-state index contributed by atoms with van der Waals surface area (Å²) in [5.74, 6) is -1.27. The summed E-state index contributed by atoms with van der Waals surface area (Å²) < 4.78 is 26.7. The summed E-state index contributed by atoms with van der Waals surface area (Å²) in [6.45, 7) is 3.95. The SMILES string of the molecule is CN/C(C)=C\C(=C/c1ccncc1C)CCc1ncc(F)cc1F. The van der Waals surface area contributed by atoms with Crippen molar-refractivity contribution in [3.8, 4) is 0 Å². The Hall–Kier alpha value is -2.56. The van der Waals surface area contributed by atoms with Gasteiger partial charge in [-0.3, -0.25) is 9.97 Å². The lowest BCUT2D eigenvalue weighted by Gasteiger charge is -2.08. The molecule has 126 valence electrons. The van der Waals surface area contributed by atoms with E-state index in [0.717, 1.165) is 34.7 Å². The van der Waals surface area contributed by atoms with Crippen molar-refractivity contribution in [2.75, 3.05) is 7.05 Å². The number of aromatic nitrogens is 2. The highest BCUT2D eigenvalue weighted by Gasteiger charge is 2.07. The maximum absolute atomic E-state index is 13.8. The van der Waals surface area contributed by atoms with Crippen LogP contribution < -0.4 is 5.32 Å². The van der Waals surface area contributed by atoms with Gasteiger partial charge in [-0.2, -0.15) is 0 Å². The second-order valence-corrected chi connectivity index (χ2v) is 5.61. The highest BCUT2D eigenvalue weighted by atomic mass is 19.1. The van der Waals surface area contributed by atoms with Crippen molar-refractivity contribution < 1.29 is 8.78 Å². The minimum absolute atomic E-state index is 0.268. The molecule has 1 N–H and O–H groups in total.